The van der Waals surface area contributed by atoms with Crippen LogP contribution in [-0.2, 0) is 0 Å². The van der Waals surface area contributed by atoms with E-state index in [0.717, 1.165) is 10.4 Å². The molecule has 0 aromatic heterocycles. The second kappa shape index (κ2) is 6.00. The van der Waals surface area contributed by atoms with Crippen LogP contribution in [0.15, 0.2) is 47.5 Å². The molecule has 0 radical (unpaired) electrons. The van der Waals surface area contributed by atoms with Crippen LogP contribution in [0.3, 0.4) is 0 Å². The number of hydrogen-bond donors (Lipinski definition) is 0. The summed E-state index contributed by atoms with van der Waals surface area (Å²) < 4.78 is 0. The third-order valence-corrected chi connectivity index (χ3v) is 9.65. The normalized spacial score (nSPS) is 21.0. The zero-order chi connectivity index (χ0) is 18.5. The van der Waals surface area contributed by atoms with Crippen LogP contribution in [-0.4, -0.2) is 8.07 Å². The van der Waals surface area contributed by atoms with Crippen molar-refractivity contribution >= 4 is 31.6 Å². The van der Waals surface area contributed by atoms with E-state index in [1.165, 1.54) is 32.7 Å². The zero-order valence-electron chi connectivity index (χ0n) is 16.4. The van der Waals surface area contributed by atoms with Crippen molar-refractivity contribution in [2.45, 2.75) is 40.8 Å². The maximum absolute atomic E-state index is 4.12. The summed E-state index contributed by atoms with van der Waals surface area (Å²) in [5, 5.41) is 8.12. The lowest BCUT2D eigenvalue weighted by Gasteiger charge is -2.23. The van der Waals surface area contributed by atoms with Gasteiger partial charge in [-0.15, -0.1) is 0 Å². The van der Waals surface area contributed by atoms with Crippen LogP contribution in [0.25, 0.3) is 23.6 Å². The molecule has 0 atom stereocenters. The fourth-order valence-corrected chi connectivity index (χ4v) is 8.55. The molecule has 2 aromatic carbocycles. The molecule has 0 aliphatic carbocycles. The van der Waals surface area contributed by atoms with E-state index >= 15 is 0 Å². The molecule has 0 bridgehead atoms. The van der Waals surface area contributed by atoms with Crippen molar-refractivity contribution in [2.24, 2.45) is 0 Å². The fraction of sp³-hybridized carbons (Fsp3) is 0.250. The SMILES string of the molecule is C=c1ccc(=C2C(C)=C(C)/C(=c3/ccc(=C)c(C)c3)[Si]2(C)C)cc1C. The van der Waals surface area contributed by atoms with Crippen molar-refractivity contribution in [2.75, 3.05) is 0 Å². The van der Waals surface area contributed by atoms with Crippen molar-refractivity contribution in [1.29, 1.82) is 0 Å². The Morgan fingerprint density at radius 3 is 1.32 bits per heavy atom. The Morgan fingerprint density at radius 1 is 0.640 bits per heavy atom. The van der Waals surface area contributed by atoms with E-state index in [1.54, 1.807) is 10.4 Å². The van der Waals surface area contributed by atoms with E-state index < -0.39 is 8.07 Å². The van der Waals surface area contributed by atoms with Gasteiger partial charge in [-0.25, -0.2) is 0 Å². The summed E-state index contributed by atoms with van der Waals surface area (Å²) in [4.78, 5) is 0. The van der Waals surface area contributed by atoms with Crippen molar-refractivity contribution in [3.05, 3.63) is 79.5 Å². The van der Waals surface area contributed by atoms with Gasteiger partial charge in [0.2, 0.25) is 0 Å². The van der Waals surface area contributed by atoms with Gasteiger partial charge in [0, 0.05) is 0 Å². The predicted octanol–water partition coefficient (Wildman–Crippen LogP) is 3.26. The Hall–Kier alpha value is -2.12. The Kier molecular flexibility index (Phi) is 4.24. The topological polar surface area (TPSA) is 0 Å². The maximum Gasteiger partial charge on any atom is 0.114 e. The van der Waals surface area contributed by atoms with Crippen LogP contribution in [0.4, 0.5) is 0 Å². The Morgan fingerprint density at radius 2 is 1.00 bits per heavy atom. The van der Waals surface area contributed by atoms with Crippen LogP contribution < -0.4 is 20.9 Å². The van der Waals surface area contributed by atoms with E-state index in [9.17, 15) is 0 Å². The molecule has 0 spiro atoms. The molecule has 1 heteroatoms. The van der Waals surface area contributed by atoms with Crippen molar-refractivity contribution < 1.29 is 0 Å². The molecule has 2 aromatic rings. The third kappa shape index (κ3) is 2.77. The van der Waals surface area contributed by atoms with E-state index in [-0.39, 0.29) is 0 Å². The molecule has 0 saturated carbocycles. The smallest absolute Gasteiger partial charge is 0.0915 e. The number of benzene rings is 2. The lowest BCUT2D eigenvalue weighted by Crippen LogP contribution is -2.35. The van der Waals surface area contributed by atoms with Gasteiger partial charge in [-0.3, -0.25) is 0 Å². The van der Waals surface area contributed by atoms with Gasteiger partial charge < -0.3 is 0 Å². The van der Waals surface area contributed by atoms with Crippen LogP contribution in [0, 0.1) is 13.8 Å². The van der Waals surface area contributed by atoms with Gasteiger partial charge >= 0.3 is 0 Å². The van der Waals surface area contributed by atoms with E-state index in [2.05, 4.69) is 90.3 Å². The summed E-state index contributed by atoms with van der Waals surface area (Å²) in [6, 6.07) is 13.5. The van der Waals surface area contributed by atoms with Gasteiger partial charge in [-0.05, 0) is 81.2 Å². The zero-order valence-corrected chi connectivity index (χ0v) is 17.4. The van der Waals surface area contributed by atoms with E-state index in [4.69, 9.17) is 0 Å². The minimum absolute atomic E-state index is 1.12. The van der Waals surface area contributed by atoms with Gasteiger partial charge in [-0.2, -0.15) is 0 Å². The molecule has 0 unspecified atom stereocenters. The summed E-state index contributed by atoms with van der Waals surface area (Å²) >= 11 is 0. The van der Waals surface area contributed by atoms with Gasteiger partial charge in [0.1, 0.15) is 8.07 Å². The van der Waals surface area contributed by atoms with Crippen molar-refractivity contribution in [3.63, 3.8) is 0 Å². The number of allylic oxidation sites excluding steroid dienone is 2. The highest BCUT2D eigenvalue weighted by atomic mass is 28.3. The molecule has 0 fully saturated rings. The summed E-state index contributed by atoms with van der Waals surface area (Å²) in [6.07, 6.45) is 0. The van der Waals surface area contributed by atoms with Crippen LogP contribution in [0.2, 0.25) is 13.1 Å². The average Bonchev–Trinajstić information content (AvgIpc) is 2.71. The Labute approximate surface area is 152 Å². The number of rotatable bonds is 0. The van der Waals surface area contributed by atoms with Crippen LogP contribution in [0.1, 0.15) is 25.0 Å². The maximum atomic E-state index is 4.12. The second-order valence-corrected chi connectivity index (χ2v) is 12.2. The average molecular weight is 345 g/mol. The van der Waals surface area contributed by atoms with Gasteiger partial charge in [0.05, 0.1) is 0 Å². The first-order valence-electron chi connectivity index (χ1n) is 8.93. The molecule has 1 heterocycles. The predicted molar refractivity (Wildman–Crippen MR) is 115 cm³/mol. The molecule has 25 heavy (non-hydrogen) atoms. The molecule has 0 nitrogen and oxygen atoms in total. The number of aryl methyl sites for hydroxylation is 2. The molecular formula is C24H28Si. The highest BCUT2D eigenvalue weighted by Crippen LogP contribution is 2.43. The summed E-state index contributed by atoms with van der Waals surface area (Å²) in [7, 11) is -1.77. The second-order valence-electron chi connectivity index (χ2n) is 7.91. The van der Waals surface area contributed by atoms with Gasteiger partial charge in [0.15, 0.2) is 0 Å². The molecule has 128 valence electrons. The summed E-state index contributed by atoms with van der Waals surface area (Å²) in [6.45, 7) is 22.1. The first-order chi connectivity index (χ1) is 11.6. The van der Waals surface area contributed by atoms with Crippen molar-refractivity contribution in [3.8, 4) is 0 Å². The summed E-state index contributed by atoms with van der Waals surface area (Å²) in [5.41, 5.74) is 5.45. The molecule has 0 N–H and O–H groups in total. The molecule has 1 aliphatic heterocycles. The van der Waals surface area contributed by atoms with Gasteiger partial charge in [0.25, 0.3) is 0 Å². The van der Waals surface area contributed by atoms with Crippen LogP contribution in [0.5, 0.6) is 0 Å². The van der Waals surface area contributed by atoms with E-state index in [0.29, 0.717) is 0 Å². The monoisotopic (exact) mass is 344 g/mol. The quantitative estimate of drug-likeness (QED) is 0.644. The highest BCUT2D eigenvalue weighted by molar-refractivity contribution is 7.09. The van der Waals surface area contributed by atoms with Crippen molar-refractivity contribution in [1.82, 2.24) is 0 Å². The minimum atomic E-state index is -1.77. The first-order valence-corrected chi connectivity index (χ1v) is 11.9. The Balaban J connectivity index is 2.45. The fourth-order valence-electron chi connectivity index (χ4n) is 4.29. The molecule has 3 rings (SSSR count). The van der Waals surface area contributed by atoms with Crippen LogP contribution >= 0.6 is 0 Å². The Bertz CT molecular complexity index is 1040. The standard InChI is InChI=1S/C24H28Si/c1-15-9-11-21(13-17(15)3)23-19(5)20(6)24(25(23,7)8)22-12-10-16(2)18(4)14-22/h9-14H,1-2H2,3-8H3/b23-21+,24-22?. The molecule has 0 saturated heterocycles. The lowest BCUT2D eigenvalue weighted by atomic mass is 10.1. The number of hydrogen-bond acceptors (Lipinski definition) is 0. The summed E-state index contributed by atoms with van der Waals surface area (Å²) in [5.74, 6) is 0. The van der Waals surface area contributed by atoms with Gasteiger partial charge in [-0.1, -0.05) is 62.7 Å². The van der Waals surface area contributed by atoms with E-state index in [1.807, 2.05) is 0 Å². The molecule has 0 amide bonds. The molecular weight excluding hydrogens is 316 g/mol. The first kappa shape index (κ1) is 17.7. The lowest BCUT2D eigenvalue weighted by molar-refractivity contribution is 1.36. The highest BCUT2D eigenvalue weighted by Gasteiger charge is 2.39. The molecule has 1 aliphatic rings. The minimum Gasteiger partial charge on any atom is -0.0915 e. The third-order valence-electron chi connectivity index (χ3n) is 5.83. The largest absolute Gasteiger partial charge is 0.114 e.